The third-order valence-corrected chi connectivity index (χ3v) is 4.51. The molecule has 0 unspecified atom stereocenters. The Morgan fingerprint density at radius 1 is 1.45 bits per heavy atom. The van der Waals surface area contributed by atoms with E-state index in [2.05, 4.69) is 12.6 Å². The van der Waals surface area contributed by atoms with Gasteiger partial charge in [-0.25, -0.2) is 4.79 Å². The Morgan fingerprint density at radius 3 is 2.77 bits per heavy atom. The number of nitrogens with zero attached hydrogens (tertiary/aromatic N) is 1. The third-order valence-electron chi connectivity index (χ3n) is 4.11. The molecule has 22 heavy (non-hydrogen) atoms. The SMILES string of the molecule is C[C@H](O)[C@H]1C(=O)N2C(C(=O)OCc3ccccc3)=C(S)C[C@H]12. The van der Waals surface area contributed by atoms with Crippen LogP contribution >= 0.6 is 12.6 Å². The lowest BCUT2D eigenvalue weighted by molar-refractivity contribution is -0.162. The number of hydrogen-bond acceptors (Lipinski definition) is 5. The van der Waals surface area contributed by atoms with Crippen molar-refractivity contribution in [3.8, 4) is 0 Å². The number of hydrogen-bond donors (Lipinski definition) is 2. The first-order valence-corrected chi connectivity index (χ1v) is 7.59. The molecule has 3 rings (SSSR count). The summed E-state index contributed by atoms with van der Waals surface area (Å²) < 4.78 is 5.28. The lowest BCUT2D eigenvalue weighted by Crippen LogP contribution is -2.61. The van der Waals surface area contributed by atoms with Crippen molar-refractivity contribution < 1.29 is 19.4 Å². The van der Waals surface area contributed by atoms with Crippen LogP contribution in [-0.2, 0) is 20.9 Å². The minimum Gasteiger partial charge on any atom is -0.456 e. The molecule has 0 bridgehead atoms. The van der Waals surface area contributed by atoms with Gasteiger partial charge in [0, 0.05) is 11.3 Å². The molecule has 116 valence electrons. The van der Waals surface area contributed by atoms with Gasteiger partial charge in [0.2, 0.25) is 5.91 Å². The summed E-state index contributed by atoms with van der Waals surface area (Å²) in [5.74, 6) is -1.24. The number of thiol groups is 1. The lowest BCUT2D eigenvalue weighted by atomic mass is 9.83. The summed E-state index contributed by atoms with van der Waals surface area (Å²) in [7, 11) is 0. The van der Waals surface area contributed by atoms with Gasteiger partial charge in [-0.2, -0.15) is 0 Å². The van der Waals surface area contributed by atoms with Gasteiger partial charge in [-0.3, -0.25) is 4.79 Å². The van der Waals surface area contributed by atoms with Crippen LogP contribution in [0.1, 0.15) is 18.9 Å². The molecule has 1 N–H and O–H groups in total. The first-order chi connectivity index (χ1) is 10.5. The summed E-state index contributed by atoms with van der Waals surface area (Å²) in [6, 6.07) is 9.15. The molecule has 1 saturated heterocycles. The Balaban J connectivity index is 1.68. The molecule has 0 spiro atoms. The number of esters is 1. The maximum Gasteiger partial charge on any atom is 0.356 e. The summed E-state index contributed by atoms with van der Waals surface area (Å²) in [6.07, 6.45) is -0.241. The van der Waals surface area contributed by atoms with E-state index in [9.17, 15) is 14.7 Å². The third kappa shape index (κ3) is 2.42. The first kappa shape index (κ1) is 15.1. The molecule has 1 aromatic rings. The molecule has 3 atom stereocenters. The molecule has 2 aliphatic heterocycles. The van der Waals surface area contributed by atoms with Gasteiger partial charge >= 0.3 is 5.97 Å². The second-order valence-corrected chi connectivity index (χ2v) is 6.14. The molecule has 0 radical (unpaired) electrons. The zero-order chi connectivity index (χ0) is 15.9. The quantitative estimate of drug-likeness (QED) is 0.501. The van der Waals surface area contributed by atoms with Crippen LogP contribution in [0.25, 0.3) is 0 Å². The molecular formula is C16H17NO4S. The normalized spacial score (nSPS) is 24.9. The molecule has 2 aliphatic rings. The highest BCUT2D eigenvalue weighted by Gasteiger charge is 2.56. The van der Waals surface area contributed by atoms with E-state index in [1.807, 2.05) is 30.3 Å². The van der Waals surface area contributed by atoms with Crippen LogP contribution in [0.15, 0.2) is 40.9 Å². The average molecular weight is 319 g/mol. The van der Waals surface area contributed by atoms with Crippen molar-refractivity contribution in [1.29, 1.82) is 0 Å². The predicted octanol–water partition coefficient (Wildman–Crippen LogP) is 1.48. The average Bonchev–Trinajstić information content (AvgIpc) is 2.78. The smallest absolute Gasteiger partial charge is 0.356 e. The highest BCUT2D eigenvalue weighted by molar-refractivity contribution is 7.84. The second kappa shape index (κ2) is 5.78. The van der Waals surface area contributed by atoms with Gasteiger partial charge in [0.15, 0.2) is 0 Å². The highest BCUT2D eigenvalue weighted by Crippen LogP contribution is 2.44. The zero-order valence-corrected chi connectivity index (χ0v) is 13.0. The fourth-order valence-electron chi connectivity index (χ4n) is 3.03. The lowest BCUT2D eigenvalue weighted by Gasteiger charge is -2.44. The minimum atomic E-state index is -0.727. The van der Waals surface area contributed by atoms with Crippen molar-refractivity contribution in [3.63, 3.8) is 0 Å². The van der Waals surface area contributed by atoms with E-state index in [4.69, 9.17) is 4.74 Å². The molecular weight excluding hydrogens is 302 g/mol. The molecule has 6 heteroatoms. The number of β-lactam (4-membered cyclic amide) rings is 1. The Labute approximate surface area is 134 Å². The Morgan fingerprint density at radius 2 is 2.14 bits per heavy atom. The van der Waals surface area contributed by atoms with E-state index in [-0.39, 0.29) is 24.3 Å². The molecule has 2 heterocycles. The number of amides is 1. The van der Waals surface area contributed by atoms with E-state index in [0.29, 0.717) is 11.3 Å². The minimum absolute atomic E-state index is 0.150. The number of rotatable bonds is 4. The van der Waals surface area contributed by atoms with Crippen molar-refractivity contribution >= 4 is 24.5 Å². The van der Waals surface area contributed by atoms with E-state index in [1.165, 1.54) is 4.90 Å². The molecule has 1 amide bonds. The van der Waals surface area contributed by atoms with Crippen LogP contribution in [0.5, 0.6) is 0 Å². The highest BCUT2D eigenvalue weighted by atomic mass is 32.1. The van der Waals surface area contributed by atoms with Crippen molar-refractivity contribution in [2.75, 3.05) is 0 Å². The number of aliphatic hydroxyl groups excluding tert-OH is 1. The number of ether oxygens (including phenoxy) is 1. The van der Waals surface area contributed by atoms with Gasteiger partial charge in [0.25, 0.3) is 0 Å². The van der Waals surface area contributed by atoms with Crippen molar-refractivity contribution in [1.82, 2.24) is 4.90 Å². The topological polar surface area (TPSA) is 66.8 Å². The van der Waals surface area contributed by atoms with Gasteiger partial charge in [0.1, 0.15) is 12.3 Å². The second-order valence-electron chi connectivity index (χ2n) is 5.60. The largest absolute Gasteiger partial charge is 0.456 e. The number of carbonyl (C=O) groups excluding carboxylic acids is 2. The molecule has 0 aliphatic carbocycles. The first-order valence-electron chi connectivity index (χ1n) is 7.15. The Kier molecular flexibility index (Phi) is 3.97. The van der Waals surface area contributed by atoms with Gasteiger partial charge in [-0.1, -0.05) is 30.3 Å². The summed E-state index contributed by atoms with van der Waals surface area (Å²) in [5.41, 5.74) is 1.09. The number of aliphatic hydroxyl groups is 1. The molecule has 0 saturated carbocycles. The van der Waals surface area contributed by atoms with E-state index < -0.39 is 18.0 Å². The number of benzene rings is 1. The van der Waals surface area contributed by atoms with Crippen molar-refractivity contribution in [3.05, 3.63) is 46.5 Å². The van der Waals surface area contributed by atoms with Crippen LogP contribution in [0.4, 0.5) is 0 Å². The maximum atomic E-state index is 12.3. The summed E-state index contributed by atoms with van der Waals surface area (Å²) in [6.45, 7) is 1.74. The molecule has 1 fully saturated rings. The number of fused-ring (bicyclic) bond motifs is 1. The zero-order valence-electron chi connectivity index (χ0n) is 12.1. The molecule has 5 nitrogen and oxygen atoms in total. The standard InChI is InChI=1S/C16H17NO4S/c1-9(18)13-11-7-12(22)14(17(11)15(13)19)16(20)21-8-10-5-3-2-4-6-10/h2-6,9,11,13,18,22H,7-8H2,1H3/t9-,11+,13+/m0/s1. The Hall–Kier alpha value is -1.79. The fraction of sp³-hybridized carbons (Fsp3) is 0.375. The van der Waals surface area contributed by atoms with Gasteiger partial charge < -0.3 is 14.7 Å². The molecule has 1 aromatic carbocycles. The summed E-state index contributed by atoms with van der Waals surface area (Å²) in [4.78, 5) is 26.3. The van der Waals surface area contributed by atoms with E-state index in [0.717, 1.165) is 5.56 Å². The molecule has 0 aromatic heterocycles. The van der Waals surface area contributed by atoms with Crippen molar-refractivity contribution in [2.45, 2.75) is 32.1 Å². The monoisotopic (exact) mass is 319 g/mol. The summed E-state index contributed by atoms with van der Waals surface area (Å²) >= 11 is 4.32. The van der Waals surface area contributed by atoms with Crippen LogP contribution < -0.4 is 0 Å². The predicted molar refractivity (Wildman–Crippen MR) is 82.7 cm³/mol. The van der Waals surface area contributed by atoms with E-state index >= 15 is 0 Å². The van der Waals surface area contributed by atoms with E-state index in [1.54, 1.807) is 6.92 Å². The van der Waals surface area contributed by atoms with Crippen LogP contribution in [0.3, 0.4) is 0 Å². The fourth-order valence-corrected chi connectivity index (χ4v) is 3.42. The maximum absolute atomic E-state index is 12.3. The van der Waals surface area contributed by atoms with Gasteiger partial charge in [-0.05, 0) is 12.5 Å². The Bertz CT molecular complexity index is 641. The van der Waals surface area contributed by atoms with Crippen LogP contribution in [0, 0.1) is 5.92 Å². The van der Waals surface area contributed by atoms with Crippen LogP contribution in [0.2, 0.25) is 0 Å². The van der Waals surface area contributed by atoms with Gasteiger partial charge in [0.05, 0.1) is 18.1 Å². The van der Waals surface area contributed by atoms with Crippen molar-refractivity contribution in [2.24, 2.45) is 5.92 Å². The summed E-state index contributed by atoms with van der Waals surface area (Å²) in [5, 5.41) is 9.65. The van der Waals surface area contributed by atoms with Crippen LogP contribution in [-0.4, -0.2) is 34.0 Å². The van der Waals surface area contributed by atoms with Gasteiger partial charge in [-0.15, -0.1) is 12.6 Å². The number of carbonyl (C=O) groups is 2.